The standard InChI is InChI=1S/C17H17BrFNO5/c1-10(21)24-14-15(23)17(2,11-6-3-4-7-12(11)19)25-16(14)20-13(22)8-5-9-18/h3-4,6-7H,5,8-9H2,1-2H3,(H,20,22). The Morgan fingerprint density at radius 2 is 2.04 bits per heavy atom. The van der Waals surface area contributed by atoms with E-state index in [0.717, 1.165) is 6.92 Å². The normalized spacial score (nSPS) is 19.6. The number of ether oxygens (including phenoxy) is 2. The van der Waals surface area contributed by atoms with Gasteiger partial charge in [0.1, 0.15) is 5.82 Å². The molecule has 8 heteroatoms. The first-order valence-corrected chi connectivity index (χ1v) is 8.69. The quantitative estimate of drug-likeness (QED) is 0.572. The maximum atomic E-state index is 14.2. The topological polar surface area (TPSA) is 81.7 Å². The number of esters is 1. The van der Waals surface area contributed by atoms with Gasteiger partial charge in [0.05, 0.1) is 0 Å². The average molecular weight is 414 g/mol. The molecule has 1 aromatic carbocycles. The molecule has 1 unspecified atom stereocenters. The van der Waals surface area contributed by atoms with Gasteiger partial charge in [-0.3, -0.25) is 19.7 Å². The molecular weight excluding hydrogens is 397 g/mol. The number of hydrogen-bond donors (Lipinski definition) is 1. The molecule has 0 bridgehead atoms. The number of alkyl halides is 1. The van der Waals surface area contributed by atoms with Crippen LogP contribution in [0.4, 0.5) is 4.39 Å². The fourth-order valence-corrected chi connectivity index (χ4v) is 2.66. The molecule has 1 amide bonds. The second-order valence-electron chi connectivity index (χ2n) is 5.54. The van der Waals surface area contributed by atoms with Crippen molar-refractivity contribution >= 4 is 33.6 Å². The van der Waals surface area contributed by atoms with Crippen molar-refractivity contribution in [1.29, 1.82) is 0 Å². The number of ketones is 1. The molecule has 0 spiro atoms. The number of amides is 1. The molecule has 2 rings (SSSR count). The maximum absolute atomic E-state index is 14.2. The van der Waals surface area contributed by atoms with Crippen molar-refractivity contribution in [2.45, 2.75) is 32.3 Å². The zero-order valence-corrected chi connectivity index (χ0v) is 15.3. The van der Waals surface area contributed by atoms with E-state index >= 15 is 0 Å². The highest BCUT2D eigenvalue weighted by Crippen LogP contribution is 2.39. The van der Waals surface area contributed by atoms with Crippen LogP contribution in [0.3, 0.4) is 0 Å². The van der Waals surface area contributed by atoms with Gasteiger partial charge in [-0.2, -0.15) is 0 Å². The summed E-state index contributed by atoms with van der Waals surface area (Å²) in [6.07, 6.45) is 0.747. The summed E-state index contributed by atoms with van der Waals surface area (Å²) in [6.45, 7) is 2.47. The summed E-state index contributed by atoms with van der Waals surface area (Å²) in [5.41, 5.74) is -1.76. The Kier molecular flexibility index (Phi) is 5.94. The maximum Gasteiger partial charge on any atom is 0.308 e. The van der Waals surface area contributed by atoms with Crippen LogP contribution < -0.4 is 5.32 Å². The molecule has 1 heterocycles. The van der Waals surface area contributed by atoms with Gasteiger partial charge in [0.25, 0.3) is 5.78 Å². The second kappa shape index (κ2) is 7.77. The van der Waals surface area contributed by atoms with Crippen molar-refractivity contribution in [3.63, 3.8) is 0 Å². The van der Waals surface area contributed by atoms with Gasteiger partial charge in [0.2, 0.25) is 23.2 Å². The van der Waals surface area contributed by atoms with E-state index in [9.17, 15) is 18.8 Å². The van der Waals surface area contributed by atoms with Gasteiger partial charge < -0.3 is 9.47 Å². The molecule has 134 valence electrons. The molecule has 25 heavy (non-hydrogen) atoms. The number of rotatable bonds is 6. The van der Waals surface area contributed by atoms with E-state index in [1.807, 2.05) is 0 Å². The molecule has 1 aliphatic heterocycles. The van der Waals surface area contributed by atoms with Crippen molar-refractivity contribution in [2.75, 3.05) is 5.33 Å². The molecule has 0 radical (unpaired) electrons. The van der Waals surface area contributed by atoms with E-state index in [1.54, 1.807) is 6.07 Å². The zero-order valence-electron chi connectivity index (χ0n) is 13.7. The summed E-state index contributed by atoms with van der Waals surface area (Å²) < 4.78 is 24.6. The lowest BCUT2D eigenvalue weighted by atomic mass is 9.91. The van der Waals surface area contributed by atoms with Crippen LogP contribution in [-0.2, 0) is 29.5 Å². The first kappa shape index (κ1) is 19.1. The highest BCUT2D eigenvalue weighted by molar-refractivity contribution is 9.09. The van der Waals surface area contributed by atoms with E-state index in [-0.39, 0.29) is 17.9 Å². The average Bonchev–Trinajstić information content (AvgIpc) is 2.78. The van der Waals surface area contributed by atoms with Crippen LogP contribution >= 0.6 is 15.9 Å². The number of halogens is 2. The van der Waals surface area contributed by atoms with Crippen LogP contribution in [0.5, 0.6) is 0 Å². The lowest BCUT2D eigenvalue weighted by molar-refractivity contribution is -0.142. The Balaban J connectivity index is 2.36. The Labute approximate surface area is 152 Å². The summed E-state index contributed by atoms with van der Waals surface area (Å²) in [7, 11) is 0. The number of carbonyl (C=O) groups is 3. The number of hydrogen-bond acceptors (Lipinski definition) is 5. The minimum Gasteiger partial charge on any atom is -0.456 e. The lowest BCUT2D eigenvalue weighted by Gasteiger charge is -2.24. The summed E-state index contributed by atoms with van der Waals surface area (Å²) in [6, 6.07) is 5.62. The second-order valence-corrected chi connectivity index (χ2v) is 6.33. The molecule has 0 aliphatic carbocycles. The summed E-state index contributed by atoms with van der Waals surface area (Å²) in [4.78, 5) is 36.0. The molecule has 6 nitrogen and oxygen atoms in total. The van der Waals surface area contributed by atoms with E-state index < -0.39 is 34.8 Å². The van der Waals surface area contributed by atoms with E-state index in [4.69, 9.17) is 9.47 Å². The molecule has 1 atom stereocenters. The number of benzene rings is 1. The molecule has 0 saturated heterocycles. The highest BCUT2D eigenvalue weighted by Gasteiger charge is 2.51. The molecule has 0 fully saturated rings. The molecular formula is C17H17BrFNO5. The largest absolute Gasteiger partial charge is 0.456 e. The lowest BCUT2D eigenvalue weighted by Crippen LogP contribution is -2.33. The minimum atomic E-state index is -1.74. The molecule has 0 saturated carbocycles. The van der Waals surface area contributed by atoms with E-state index in [0.29, 0.717) is 11.8 Å². The van der Waals surface area contributed by atoms with Crippen LogP contribution in [0.15, 0.2) is 35.9 Å². The minimum absolute atomic E-state index is 0.0191. The summed E-state index contributed by atoms with van der Waals surface area (Å²) in [5, 5.41) is 3.05. The van der Waals surface area contributed by atoms with Crippen LogP contribution in [0.25, 0.3) is 0 Å². The first-order valence-electron chi connectivity index (χ1n) is 7.57. The van der Waals surface area contributed by atoms with Crippen molar-refractivity contribution in [1.82, 2.24) is 5.32 Å². The third-order valence-electron chi connectivity index (χ3n) is 3.58. The van der Waals surface area contributed by atoms with Gasteiger partial charge in [-0.05, 0) is 19.4 Å². The molecule has 0 aromatic heterocycles. The van der Waals surface area contributed by atoms with Gasteiger partial charge in [-0.25, -0.2) is 4.39 Å². The smallest absolute Gasteiger partial charge is 0.308 e. The predicted molar refractivity (Wildman–Crippen MR) is 89.8 cm³/mol. The fourth-order valence-electron chi connectivity index (χ4n) is 2.38. The van der Waals surface area contributed by atoms with Crippen LogP contribution in [-0.4, -0.2) is 23.0 Å². The zero-order chi connectivity index (χ0) is 18.6. The number of carbonyl (C=O) groups excluding carboxylic acids is 3. The third kappa shape index (κ3) is 4.07. The monoisotopic (exact) mass is 413 g/mol. The SMILES string of the molecule is CC(=O)OC1=C(NC(=O)CCCBr)OC(C)(c2ccccc2F)C1=O. The number of nitrogens with one attached hydrogen (secondary N) is 1. The van der Waals surface area contributed by atoms with Crippen molar-refractivity contribution in [3.05, 3.63) is 47.3 Å². The van der Waals surface area contributed by atoms with Gasteiger partial charge in [-0.15, -0.1) is 0 Å². The van der Waals surface area contributed by atoms with Crippen molar-refractivity contribution in [2.24, 2.45) is 0 Å². The van der Waals surface area contributed by atoms with E-state index in [2.05, 4.69) is 21.2 Å². The first-order chi connectivity index (χ1) is 11.8. The van der Waals surface area contributed by atoms with Crippen molar-refractivity contribution in [3.8, 4) is 0 Å². The van der Waals surface area contributed by atoms with E-state index in [1.165, 1.54) is 25.1 Å². The Bertz CT molecular complexity index is 748. The predicted octanol–water partition coefficient (Wildman–Crippen LogP) is 2.66. The number of Topliss-reactive ketones (excluding diaryl/α,β-unsaturated/α-hetero) is 1. The molecule has 1 N–H and O–H groups in total. The Hall–Kier alpha value is -2.22. The molecule has 1 aromatic rings. The Morgan fingerprint density at radius 1 is 1.36 bits per heavy atom. The van der Waals surface area contributed by atoms with Crippen LogP contribution in [0, 0.1) is 5.82 Å². The van der Waals surface area contributed by atoms with Gasteiger partial charge in [0, 0.05) is 24.2 Å². The van der Waals surface area contributed by atoms with Gasteiger partial charge >= 0.3 is 5.97 Å². The Morgan fingerprint density at radius 3 is 2.64 bits per heavy atom. The van der Waals surface area contributed by atoms with Crippen LogP contribution in [0.1, 0.15) is 32.3 Å². The van der Waals surface area contributed by atoms with Gasteiger partial charge in [0.15, 0.2) is 0 Å². The van der Waals surface area contributed by atoms with Crippen LogP contribution in [0.2, 0.25) is 0 Å². The highest BCUT2D eigenvalue weighted by atomic mass is 79.9. The molecule has 1 aliphatic rings. The fraction of sp³-hybridized carbons (Fsp3) is 0.353. The summed E-state index contributed by atoms with van der Waals surface area (Å²) in [5.74, 6) is -3.28. The third-order valence-corrected chi connectivity index (χ3v) is 4.14. The van der Waals surface area contributed by atoms with Gasteiger partial charge in [-0.1, -0.05) is 34.1 Å². The van der Waals surface area contributed by atoms with Crippen molar-refractivity contribution < 1.29 is 28.2 Å². The summed E-state index contributed by atoms with van der Waals surface area (Å²) >= 11 is 3.21.